The van der Waals surface area contributed by atoms with E-state index in [1.807, 2.05) is 0 Å². The van der Waals surface area contributed by atoms with Crippen LogP contribution in [0.1, 0.15) is 0 Å². The van der Waals surface area contributed by atoms with Crippen molar-refractivity contribution < 1.29 is 12.8 Å². The highest BCUT2D eigenvalue weighted by Gasteiger charge is 2.10. The Balaban J connectivity index is 2.52. The zero-order valence-corrected chi connectivity index (χ0v) is 11.2. The van der Waals surface area contributed by atoms with Crippen molar-refractivity contribution in [2.45, 2.75) is 0 Å². The van der Waals surface area contributed by atoms with Crippen LogP contribution in [-0.4, -0.2) is 19.7 Å². The molecular formula is C8H6BrFN2O2S2. The Morgan fingerprint density at radius 1 is 1.50 bits per heavy atom. The molecule has 0 atom stereocenters. The van der Waals surface area contributed by atoms with Crippen molar-refractivity contribution in [3.05, 3.63) is 22.4 Å². The van der Waals surface area contributed by atoms with Crippen molar-refractivity contribution in [2.75, 3.05) is 11.0 Å². The molecule has 16 heavy (non-hydrogen) atoms. The summed E-state index contributed by atoms with van der Waals surface area (Å²) in [5, 5.41) is 0.231. The molecule has 0 unspecified atom stereocenters. The van der Waals surface area contributed by atoms with Gasteiger partial charge in [0, 0.05) is 6.07 Å². The molecule has 4 nitrogen and oxygen atoms in total. The quantitative estimate of drug-likeness (QED) is 0.923. The normalized spacial score (nSPS) is 11.9. The van der Waals surface area contributed by atoms with E-state index in [4.69, 9.17) is 0 Å². The molecule has 1 aromatic heterocycles. The SMILES string of the molecule is CS(=O)(=O)Nc1nc2cc(F)c(Br)cc2s1. The lowest BCUT2D eigenvalue weighted by Gasteiger charge is -1.95. The fourth-order valence-electron chi connectivity index (χ4n) is 1.13. The highest BCUT2D eigenvalue weighted by molar-refractivity contribution is 9.10. The Morgan fingerprint density at radius 2 is 2.19 bits per heavy atom. The van der Waals surface area contributed by atoms with E-state index in [9.17, 15) is 12.8 Å². The van der Waals surface area contributed by atoms with E-state index in [1.54, 1.807) is 6.07 Å². The summed E-state index contributed by atoms with van der Waals surface area (Å²) in [4.78, 5) is 3.97. The highest BCUT2D eigenvalue weighted by atomic mass is 79.9. The number of thiazole rings is 1. The molecule has 0 fully saturated rings. The number of hydrogen-bond donors (Lipinski definition) is 1. The fraction of sp³-hybridized carbons (Fsp3) is 0.125. The number of aromatic nitrogens is 1. The van der Waals surface area contributed by atoms with E-state index in [0.29, 0.717) is 14.7 Å². The lowest BCUT2D eigenvalue weighted by Crippen LogP contribution is -2.08. The van der Waals surface area contributed by atoms with Crippen LogP contribution in [0.15, 0.2) is 16.6 Å². The second kappa shape index (κ2) is 3.94. The molecule has 0 radical (unpaired) electrons. The van der Waals surface area contributed by atoms with Gasteiger partial charge in [-0.05, 0) is 22.0 Å². The maximum absolute atomic E-state index is 13.2. The van der Waals surface area contributed by atoms with Crippen LogP contribution < -0.4 is 4.72 Å². The number of halogens is 2. The monoisotopic (exact) mass is 324 g/mol. The minimum atomic E-state index is -3.35. The fourth-order valence-corrected chi connectivity index (χ4v) is 3.34. The molecule has 0 saturated carbocycles. The van der Waals surface area contributed by atoms with Crippen molar-refractivity contribution >= 4 is 52.6 Å². The number of anilines is 1. The lowest BCUT2D eigenvalue weighted by molar-refractivity contribution is 0.607. The number of nitrogens with zero attached hydrogens (tertiary/aromatic N) is 1. The van der Waals surface area contributed by atoms with Crippen molar-refractivity contribution in [3.63, 3.8) is 0 Å². The summed E-state index contributed by atoms with van der Waals surface area (Å²) in [5.41, 5.74) is 0.428. The van der Waals surface area contributed by atoms with E-state index in [1.165, 1.54) is 6.07 Å². The second-order valence-corrected chi connectivity index (χ2v) is 6.76. The van der Waals surface area contributed by atoms with E-state index in [-0.39, 0.29) is 5.13 Å². The minimum Gasteiger partial charge on any atom is -0.259 e. The van der Waals surface area contributed by atoms with Crippen molar-refractivity contribution in [1.29, 1.82) is 0 Å². The molecule has 1 aromatic carbocycles. The van der Waals surface area contributed by atoms with Crippen LogP contribution in [0, 0.1) is 5.82 Å². The van der Waals surface area contributed by atoms with Gasteiger partial charge in [0.2, 0.25) is 10.0 Å². The van der Waals surface area contributed by atoms with Gasteiger partial charge in [0.25, 0.3) is 0 Å². The minimum absolute atomic E-state index is 0.231. The molecule has 1 N–H and O–H groups in total. The number of fused-ring (bicyclic) bond motifs is 1. The molecule has 0 bridgehead atoms. The topological polar surface area (TPSA) is 59.1 Å². The summed E-state index contributed by atoms with van der Waals surface area (Å²) in [6.07, 6.45) is 1.04. The Bertz CT molecular complexity index is 614. The molecule has 1 heterocycles. The molecule has 0 aliphatic heterocycles. The number of benzene rings is 1. The first-order valence-corrected chi connectivity index (χ1v) is 7.58. The van der Waals surface area contributed by atoms with Gasteiger partial charge in [-0.1, -0.05) is 11.3 Å². The van der Waals surface area contributed by atoms with Gasteiger partial charge >= 0.3 is 0 Å². The van der Waals surface area contributed by atoms with E-state index < -0.39 is 15.8 Å². The molecule has 0 amide bonds. The van der Waals surface area contributed by atoms with Gasteiger partial charge in [0.1, 0.15) is 5.82 Å². The number of sulfonamides is 1. The number of rotatable bonds is 2. The number of nitrogens with one attached hydrogen (secondary N) is 1. The highest BCUT2D eigenvalue weighted by Crippen LogP contribution is 2.30. The maximum atomic E-state index is 13.2. The molecule has 2 aromatic rings. The summed E-state index contributed by atoms with van der Waals surface area (Å²) < 4.78 is 38.4. The van der Waals surface area contributed by atoms with Crippen LogP contribution in [0.3, 0.4) is 0 Å². The average molecular weight is 325 g/mol. The molecule has 8 heteroatoms. The lowest BCUT2D eigenvalue weighted by atomic mass is 10.3. The molecule has 86 valence electrons. The average Bonchev–Trinajstić information content (AvgIpc) is 2.44. The summed E-state index contributed by atoms with van der Waals surface area (Å²) in [6.45, 7) is 0. The first-order valence-electron chi connectivity index (χ1n) is 4.08. The summed E-state index contributed by atoms with van der Waals surface area (Å²) in [7, 11) is -3.35. The summed E-state index contributed by atoms with van der Waals surface area (Å²) in [6, 6.07) is 2.82. The Hall–Kier alpha value is -0.730. The van der Waals surface area contributed by atoms with E-state index >= 15 is 0 Å². The Kier molecular flexibility index (Phi) is 2.89. The zero-order valence-electron chi connectivity index (χ0n) is 7.99. The zero-order chi connectivity index (χ0) is 11.9. The van der Waals surface area contributed by atoms with Gasteiger partial charge in [0.05, 0.1) is 20.9 Å². The second-order valence-electron chi connectivity index (χ2n) is 3.13. The predicted octanol–water partition coefficient (Wildman–Crippen LogP) is 2.57. The molecule has 0 aliphatic rings. The summed E-state index contributed by atoms with van der Waals surface area (Å²) in [5.74, 6) is -0.427. The first kappa shape index (κ1) is 11.7. The van der Waals surface area contributed by atoms with Gasteiger partial charge in [-0.15, -0.1) is 0 Å². The standard InChI is InChI=1S/C8H6BrFN2O2S2/c1-16(13,14)12-8-11-6-3-5(10)4(9)2-7(6)15-8/h2-3H,1H3,(H,11,12). The van der Waals surface area contributed by atoms with Crippen LogP contribution in [0.4, 0.5) is 9.52 Å². The van der Waals surface area contributed by atoms with Gasteiger partial charge < -0.3 is 0 Å². The smallest absolute Gasteiger partial charge is 0.231 e. The van der Waals surface area contributed by atoms with Crippen molar-refractivity contribution in [1.82, 2.24) is 4.98 Å². The van der Waals surface area contributed by atoms with Crippen molar-refractivity contribution in [2.24, 2.45) is 0 Å². The van der Waals surface area contributed by atoms with Gasteiger partial charge in [-0.3, -0.25) is 4.72 Å². The molecule has 2 rings (SSSR count). The molecule has 0 spiro atoms. The van der Waals surface area contributed by atoms with E-state index in [2.05, 4.69) is 25.6 Å². The third-order valence-electron chi connectivity index (χ3n) is 1.70. The van der Waals surface area contributed by atoms with Crippen molar-refractivity contribution in [3.8, 4) is 0 Å². The third-order valence-corrected chi connectivity index (χ3v) is 3.94. The van der Waals surface area contributed by atoms with Crippen LogP contribution in [0.25, 0.3) is 10.2 Å². The molecule has 0 saturated heterocycles. The first-order chi connectivity index (χ1) is 7.35. The number of hydrogen-bond acceptors (Lipinski definition) is 4. The molecule has 0 aliphatic carbocycles. The van der Waals surface area contributed by atoms with Crippen LogP contribution in [0.5, 0.6) is 0 Å². The summed E-state index contributed by atoms with van der Waals surface area (Å²) >= 11 is 4.20. The Morgan fingerprint density at radius 3 is 2.81 bits per heavy atom. The molecular weight excluding hydrogens is 319 g/mol. The predicted molar refractivity (Wildman–Crippen MR) is 65.7 cm³/mol. The van der Waals surface area contributed by atoms with Crippen LogP contribution in [0.2, 0.25) is 0 Å². The van der Waals surface area contributed by atoms with Gasteiger partial charge in [0.15, 0.2) is 5.13 Å². The van der Waals surface area contributed by atoms with E-state index in [0.717, 1.165) is 17.6 Å². The largest absolute Gasteiger partial charge is 0.259 e. The third kappa shape index (κ3) is 2.50. The van der Waals surface area contributed by atoms with Gasteiger partial charge in [-0.25, -0.2) is 17.8 Å². The van der Waals surface area contributed by atoms with Gasteiger partial charge in [-0.2, -0.15) is 0 Å². The maximum Gasteiger partial charge on any atom is 0.231 e. The van der Waals surface area contributed by atoms with Crippen LogP contribution >= 0.6 is 27.3 Å². The van der Waals surface area contributed by atoms with Crippen LogP contribution in [-0.2, 0) is 10.0 Å². The Labute approximate surface area is 104 Å².